The minimum absolute atomic E-state index is 0.00147. The maximum atomic E-state index is 12.6. The second-order valence-corrected chi connectivity index (χ2v) is 6.74. The predicted molar refractivity (Wildman–Crippen MR) is 103 cm³/mol. The Kier molecular flexibility index (Phi) is 5.34. The number of amides is 1. The number of benzene rings is 3. The van der Waals surface area contributed by atoms with Gasteiger partial charge in [0, 0.05) is 27.0 Å². The predicted octanol–water partition coefficient (Wildman–Crippen LogP) is 5.31. The third-order valence-electron chi connectivity index (χ3n) is 3.76. The Balaban J connectivity index is 1.82. The number of hydrogen-bond acceptors (Lipinski definition) is 4. The third kappa shape index (κ3) is 4.10. The van der Waals surface area contributed by atoms with Gasteiger partial charge < -0.3 is 5.32 Å². The summed E-state index contributed by atoms with van der Waals surface area (Å²) in [6.45, 7) is 1.62. The van der Waals surface area contributed by atoms with Crippen molar-refractivity contribution >= 4 is 29.0 Å². The Morgan fingerprint density at radius 2 is 1.69 bits per heavy atom. The van der Waals surface area contributed by atoms with Gasteiger partial charge >= 0.3 is 0 Å². The molecule has 0 aliphatic heterocycles. The number of nitro groups is 1. The number of nitrogens with zero attached hydrogens (tertiary/aromatic N) is 1. The van der Waals surface area contributed by atoms with Crippen molar-refractivity contribution in [2.75, 3.05) is 5.32 Å². The van der Waals surface area contributed by atoms with Crippen LogP contribution in [0.1, 0.15) is 15.9 Å². The number of carbonyl (C=O) groups is 1. The highest BCUT2D eigenvalue weighted by Gasteiger charge is 2.15. The molecule has 3 aromatic rings. The van der Waals surface area contributed by atoms with Crippen LogP contribution in [0.3, 0.4) is 0 Å². The van der Waals surface area contributed by atoms with Crippen molar-refractivity contribution in [1.29, 1.82) is 0 Å². The molecule has 1 amide bonds. The van der Waals surface area contributed by atoms with Gasteiger partial charge in [-0.15, -0.1) is 0 Å². The summed E-state index contributed by atoms with van der Waals surface area (Å²) < 4.78 is 0. The van der Waals surface area contributed by atoms with E-state index in [-0.39, 0.29) is 11.6 Å². The monoisotopic (exact) mass is 364 g/mol. The van der Waals surface area contributed by atoms with Gasteiger partial charge in [-0.25, -0.2) is 0 Å². The first kappa shape index (κ1) is 17.7. The first-order valence-corrected chi connectivity index (χ1v) is 8.74. The summed E-state index contributed by atoms with van der Waals surface area (Å²) in [7, 11) is 0. The lowest BCUT2D eigenvalue weighted by molar-refractivity contribution is -0.385. The minimum atomic E-state index is -0.456. The SMILES string of the molecule is Cc1cc(C(=O)Nc2ccccc2Sc2ccccc2)ccc1[N+](=O)[O-]. The Hall–Kier alpha value is -3.12. The molecule has 0 aliphatic carbocycles. The van der Waals surface area contributed by atoms with Crippen molar-refractivity contribution in [1.82, 2.24) is 0 Å². The first-order valence-electron chi connectivity index (χ1n) is 7.93. The molecule has 0 saturated carbocycles. The number of carbonyl (C=O) groups excluding carboxylic acids is 1. The van der Waals surface area contributed by atoms with Crippen molar-refractivity contribution in [3.05, 3.63) is 94.0 Å². The molecule has 130 valence electrons. The summed E-state index contributed by atoms with van der Waals surface area (Å²) in [5.74, 6) is -0.302. The second-order valence-electron chi connectivity index (χ2n) is 5.62. The van der Waals surface area contributed by atoms with Gasteiger partial charge in [-0.1, -0.05) is 42.1 Å². The van der Waals surface area contributed by atoms with Gasteiger partial charge in [-0.05, 0) is 43.3 Å². The largest absolute Gasteiger partial charge is 0.321 e. The molecule has 5 nitrogen and oxygen atoms in total. The van der Waals surface area contributed by atoms with Crippen LogP contribution in [0.5, 0.6) is 0 Å². The standard InChI is InChI=1S/C20H16N2O3S/c1-14-13-15(11-12-18(14)22(24)25)20(23)21-17-9-5-6-10-19(17)26-16-7-3-2-4-8-16/h2-13H,1H3,(H,21,23). The summed E-state index contributed by atoms with van der Waals surface area (Å²) in [5.41, 5.74) is 1.53. The van der Waals surface area contributed by atoms with Crippen molar-refractivity contribution < 1.29 is 9.72 Å². The van der Waals surface area contributed by atoms with E-state index in [1.807, 2.05) is 54.6 Å². The van der Waals surface area contributed by atoms with E-state index in [1.165, 1.54) is 18.2 Å². The maximum Gasteiger partial charge on any atom is 0.272 e. The summed E-state index contributed by atoms with van der Waals surface area (Å²) in [6.07, 6.45) is 0. The highest BCUT2D eigenvalue weighted by Crippen LogP contribution is 2.33. The molecule has 0 radical (unpaired) electrons. The maximum absolute atomic E-state index is 12.6. The molecular formula is C20H16N2O3S. The topological polar surface area (TPSA) is 72.2 Å². The van der Waals surface area contributed by atoms with Crippen LogP contribution in [-0.4, -0.2) is 10.8 Å². The average molecular weight is 364 g/mol. The van der Waals surface area contributed by atoms with Gasteiger partial charge in [0.05, 0.1) is 10.6 Å². The van der Waals surface area contributed by atoms with Gasteiger partial charge in [-0.2, -0.15) is 0 Å². The van der Waals surface area contributed by atoms with E-state index in [0.717, 1.165) is 9.79 Å². The van der Waals surface area contributed by atoms with Gasteiger partial charge in [0.2, 0.25) is 0 Å². The Bertz CT molecular complexity index is 958. The van der Waals surface area contributed by atoms with Gasteiger partial charge in [0.25, 0.3) is 11.6 Å². The number of anilines is 1. The fourth-order valence-electron chi connectivity index (χ4n) is 2.47. The zero-order valence-electron chi connectivity index (χ0n) is 14.0. The van der Waals surface area contributed by atoms with Crippen LogP contribution >= 0.6 is 11.8 Å². The zero-order chi connectivity index (χ0) is 18.5. The van der Waals surface area contributed by atoms with Gasteiger partial charge in [-0.3, -0.25) is 14.9 Å². The molecule has 0 unspecified atom stereocenters. The first-order chi connectivity index (χ1) is 12.5. The molecule has 26 heavy (non-hydrogen) atoms. The molecular weight excluding hydrogens is 348 g/mol. The fourth-order valence-corrected chi connectivity index (χ4v) is 3.39. The summed E-state index contributed by atoms with van der Waals surface area (Å²) in [4.78, 5) is 25.0. The molecule has 0 spiro atoms. The van der Waals surface area contributed by atoms with Crippen LogP contribution in [0, 0.1) is 17.0 Å². The van der Waals surface area contributed by atoms with E-state index < -0.39 is 4.92 Å². The molecule has 0 fully saturated rings. The molecule has 3 rings (SSSR count). The van der Waals surface area contributed by atoms with Crippen LogP contribution < -0.4 is 5.32 Å². The van der Waals surface area contributed by atoms with Crippen LogP contribution in [0.4, 0.5) is 11.4 Å². The van der Waals surface area contributed by atoms with Gasteiger partial charge in [0.1, 0.15) is 0 Å². The van der Waals surface area contributed by atoms with Crippen molar-refractivity contribution in [3.63, 3.8) is 0 Å². The number of para-hydroxylation sites is 1. The lowest BCUT2D eigenvalue weighted by atomic mass is 10.1. The molecule has 0 aliphatic rings. The average Bonchev–Trinajstić information content (AvgIpc) is 2.63. The third-order valence-corrected chi connectivity index (χ3v) is 4.85. The Morgan fingerprint density at radius 3 is 2.38 bits per heavy atom. The van der Waals surface area contributed by atoms with Crippen molar-refractivity contribution in [2.24, 2.45) is 0 Å². The summed E-state index contributed by atoms with van der Waals surface area (Å²) in [6, 6.07) is 21.8. The highest BCUT2D eigenvalue weighted by atomic mass is 32.2. The highest BCUT2D eigenvalue weighted by molar-refractivity contribution is 7.99. The molecule has 0 atom stereocenters. The lowest BCUT2D eigenvalue weighted by Gasteiger charge is -2.11. The second kappa shape index (κ2) is 7.84. The molecule has 0 heterocycles. The van der Waals surface area contributed by atoms with Crippen LogP contribution in [0.25, 0.3) is 0 Å². The summed E-state index contributed by atoms with van der Waals surface area (Å²) in [5, 5.41) is 13.8. The van der Waals surface area contributed by atoms with Crippen LogP contribution in [0.2, 0.25) is 0 Å². The Labute approximate surface area is 155 Å². The molecule has 0 bridgehead atoms. The summed E-state index contributed by atoms with van der Waals surface area (Å²) >= 11 is 1.56. The van der Waals surface area contributed by atoms with Gasteiger partial charge in [0.15, 0.2) is 0 Å². The molecule has 3 aromatic carbocycles. The smallest absolute Gasteiger partial charge is 0.272 e. The van der Waals surface area contributed by atoms with E-state index in [1.54, 1.807) is 18.7 Å². The number of hydrogen-bond donors (Lipinski definition) is 1. The van der Waals surface area contributed by atoms with E-state index in [4.69, 9.17) is 0 Å². The van der Waals surface area contributed by atoms with E-state index >= 15 is 0 Å². The van der Waals surface area contributed by atoms with E-state index in [9.17, 15) is 14.9 Å². The lowest BCUT2D eigenvalue weighted by Crippen LogP contribution is -2.13. The zero-order valence-corrected chi connectivity index (χ0v) is 14.8. The minimum Gasteiger partial charge on any atom is -0.321 e. The number of aryl methyl sites for hydroxylation is 1. The fraction of sp³-hybridized carbons (Fsp3) is 0.0500. The normalized spacial score (nSPS) is 10.3. The number of rotatable bonds is 5. The van der Waals surface area contributed by atoms with Crippen molar-refractivity contribution in [3.8, 4) is 0 Å². The Morgan fingerprint density at radius 1 is 1.00 bits per heavy atom. The van der Waals surface area contributed by atoms with Crippen LogP contribution in [0.15, 0.2) is 82.6 Å². The molecule has 0 aromatic heterocycles. The number of nitrogens with one attached hydrogen (secondary N) is 1. The molecule has 0 saturated heterocycles. The quantitative estimate of drug-likeness (QED) is 0.492. The molecule has 6 heteroatoms. The van der Waals surface area contributed by atoms with Crippen LogP contribution in [-0.2, 0) is 0 Å². The van der Waals surface area contributed by atoms with E-state index in [2.05, 4.69) is 5.32 Å². The number of nitro benzene ring substituents is 1. The van der Waals surface area contributed by atoms with E-state index in [0.29, 0.717) is 16.8 Å². The molecule has 1 N–H and O–H groups in total. The van der Waals surface area contributed by atoms with Crippen molar-refractivity contribution in [2.45, 2.75) is 16.7 Å².